The second-order valence-corrected chi connectivity index (χ2v) is 19.1. The Hall–Kier alpha value is -6.69. The molecule has 4 aromatic carbocycles. The lowest BCUT2D eigenvalue weighted by Crippen LogP contribution is -2.57. The van der Waals surface area contributed by atoms with Crippen LogP contribution in [0.4, 0.5) is 8.78 Å². The molecule has 2 heterocycles. The van der Waals surface area contributed by atoms with E-state index in [9.17, 15) is 28.0 Å². The van der Waals surface area contributed by atoms with Crippen LogP contribution in [0.25, 0.3) is 11.3 Å². The fourth-order valence-corrected chi connectivity index (χ4v) is 8.75. The fraction of sp³-hybridized carbons (Fsp3) is 0.407. The molecule has 6 rings (SSSR count). The van der Waals surface area contributed by atoms with E-state index in [1.807, 2.05) is 73.1 Å². The maximum atomic E-state index is 15.1. The highest BCUT2D eigenvalue weighted by atomic mass is 35.5. The molecule has 0 unspecified atom stereocenters. The first-order valence-electron chi connectivity index (χ1n) is 23.8. The Morgan fingerprint density at radius 2 is 1.51 bits per heavy atom. The largest absolute Gasteiger partial charge is 0.457 e. The van der Waals surface area contributed by atoms with Crippen molar-refractivity contribution in [3.05, 3.63) is 136 Å². The highest BCUT2D eigenvalue weighted by Gasteiger charge is 2.36. The van der Waals surface area contributed by atoms with Gasteiger partial charge in [0.25, 0.3) is 6.43 Å². The molecule has 0 spiro atoms. The van der Waals surface area contributed by atoms with Crippen molar-refractivity contribution in [2.75, 3.05) is 48.5 Å². The topological polar surface area (TPSA) is 159 Å². The molecule has 1 aliphatic rings. The second kappa shape index (κ2) is 25.1. The normalized spacial score (nSPS) is 20.2. The number of hydrogen-bond donors (Lipinski definition) is 2. The van der Waals surface area contributed by atoms with E-state index in [-0.39, 0.29) is 68.5 Å². The first-order valence-corrected chi connectivity index (χ1v) is 24.2. The van der Waals surface area contributed by atoms with Gasteiger partial charge < -0.3 is 44.3 Å². The summed E-state index contributed by atoms with van der Waals surface area (Å²) in [7, 11) is 10.4. The van der Waals surface area contributed by atoms with Crippen LogP contribution in [0.1, 0.15) is 61.2 Å². The number of ether oxygens (including phenoxy) is 2. The summed E-state index contributed by atoms with van der Waals surface area (Å²) in [6.45, 7) is 3.42. The predicted molar refractivity (Wildman–Crippen MR) is 271 cm³/mol. The van der Waals surface area contributed by atoms with E-state index >= 15 is 4.79 Å². The average Bonchev–Trinajstić information content (AvgIpc) is 3.72. The van der Waals surface area contributed by atoms with Crippen molar-refractivity contribution in [2.45, 2.75) is 83.2 Å². The summed E-state index contributed by atoms with van der Waals surface area (Å²) in [6.07, 6.45) is -1.13. The van der Waals surface area contributed by atoms with E-state index in [4.69, 9.17) is 21.1 Å². The van der Waals surface area contributed by atoms with Crippen molar-refractivity contribution in [1.82, 2.24) is 39.8 Å². The maximum absolute atomic E-state index is 15.1. The van der Waals surface area contributed by atoms with Crippen molar-refractivity contribution in [1.29, 1.82) is 0 Å². The molecule has 1 saturated heterocycles. The summed E-state index contributed by atoms with van der Waals surface area (Å²) in [6, 6.07) is 23.4. The number of imidazole rings is 1. The molecule has 1 fully saturated rings. The summed E-state index contributed by atoms with van der Waals surface area (Å²) in [5.41, 5.74) is 3.26. The van der Waals surface area contributed by atoms with Crippen molar-refractivity contribution < 1.29 is 42.2 Å². The Kier molecular flexibility index (Phi) is 19.1. The lowest BCUT2D eigenvalue weighted by molar-refractivity contribution is -0.147. The van der Waals surface area contributed by atoms with Crippen LogP contribution in [0, 0.1) is 5.92 Å². The summed E-state index contributed by atoms with van der Waals surface area (Å²) in [5, 5.41) is 6.24. The Morgan fingerprint density at radius 3 is 2.17 bits per heavy atom. The summed E-state index contributed by atoms with van der Waals surface area (Å²) in [5.74, 6) is -2.35. The Balaban J connectivity index is 1.39. The molecule has 5 amide bonds. The number of nitrogens with zero attached hydrogens (tertiary/aromatic N) is 6. The first kappa shape index (κ1) is 54.6. The lowest BCUT2D eigenvalue weighted by atomic mass is 9.93. The van der Waals surface area contributed by atoms with Gasteiger partial charge in [0.05, 0.1) is 37.5 Å². The van der Waals surface area contributed by atoms with Crippen LogP contribution >= 0.6 is 11.6 Å². The Bertz CT molecular complexity index is 2650. The van der Waals surface area contributed by atoms with Crippen LogP contribution in [0.15, 0.2) is 103 Å². The zero-order valence-corrected chi connectivity index (χ0v) is 42.9. The zero-order chi connectivity index (χ0) is 52.2. The van der Waals surface area contributed by atoms with Gasteiger partial charge in [-0.15, -0.1) is 0 Å². The summed E-state index contributed by atoms with van der Waals surface area (Å²) < 4.78 is 42.6. The molecule has 384 valence electrons. The number of rotatable bonds is 14. The number of halogens is 3. The monoisotopic (exact) mass is 1010 g/mol. The average molecular weight is 1010 g/mol. The van der Waals surface area contributed by atoms with Crippen LogP contribution in [-0.4, -0.2) is 131 Å². The molecule has 72 heavy (non-hydrogen) atoms. The van der Waals surface area contributed by atoms with E-state index in [1.165, 1.54) is 46.9 Å². The molecule has 0 aliphatic carbocycles. The molecule has 1 aromatic heterocycles. The number of likely N-dealkylation sites (N-methyl/N-ethyl adjacent to an activating group) is 2. The number of aromatic nitrogens is 2. The first-order chi connectivity index (χ1) is 34.3. The SMILES string of the molecule is COC[C@@H]1NC(=O)[C@@H](C)N(Cc2ccc(C(F)F)cc2Oc2ccc(-c3cnc(CN(C)C)n3C)cc2)C(=O)C[C@@H](Cc2ccccc2)C(=O)N(C)[C@@H](C)CNC(=O)C[C@H](Cc2ccc(Cl)cc2)N(C)C1=O. The Morgan fingerprint density at radius 1 is 0.833 bits per heavy atom. The van der Waals surface area contributed by atoms with Crippen LogP contribution in [0.3, 0.4) is 0 Å². The van der Waals surface area contributed by atoms with E-state index in [2.05, 4.69) is 15.6 Å². The van der Waals surface area contributed by atoms with Crippen LogP contribution in [-0.2, 0) is 61.7 Å². The highest BCUT2D eigenvalue weighted by Crippen LogP contribution is 2.34. The van der Waals surface area contributed by atoms with Crippen LogP contribution < -0.4 is 15.4 Å². The van der Waals surface area contributed by atoms with Gasteiger partial charge >= 0.3 is 0 Å². The lowest BCUT2D eigenvalue weighted by Gasteiger charge is -2.35. The molecule has 5 aromatic rings. The third kappa shape index (κ3) is 14.3. The Labute approximate surface area is 425 Å². The van der Waals surface area contributed by atoms with Gasteiger partial charge in [-0.1, -0.05) is 66.2 Å². The number of methoxy groups -OCH3 is 1. The van der Waals surface area contributed by atoms with Crippen molar-refractivity contribution in [3.8, 4) is 22.8 Å². The van der Waals surface area contributed by atoms with Gasteiger partial charge in [0, 0.05) is 81.4 Å². The molecule has 5 atom stereocenters. The zero-order valence-electron chi connectivity index (χ0n) is 42.1. The van der Waals surface area contributed by atoms with Gasteiger partial charge in [-0.25, -0.2) is 13.8 Å². The van der Waals surface area contributed by atoms with Gasteiger partial charge in [0.15, 0.2) is 0 Å². The molecule has 18 heteroatoms. The maximum Gasteiger partial charge on any atom is 0.263 e. The molecule has 0 bridgehead atoms. The molecular weight excluding hydrogens is 946 g/mol. The standard InChI is InChI=1S/C54H65ClF2N8O7/c1-34-29-59-49(66)28-43(25-37-14-20-42(55)21-15-37)63(6)54(70)45(33-71-8)60-52(68)35(2)65(50(67)27-41(53(69)62(34)5)24-36-12-10-9-11-13-36)31-40-17-16-39(51(56)57)26-47(40)72-44-22-18-38(19-23-44)46-30-58-48(64(46)7)32-61(3)4/h9-23,26,30,34-35,41,43,45,51H,24-25,27-29,31-33H2,1-8H3,(H,59,66)(H,60,68)/t34-,35+,41+,43-,45-/m0/s1. The smallest absolute Gasteiger partial charge is 0.263 e. The quantitative estimate of drug-likeness (QED) is 0.119. The number of alkyl halides is 2. The minimum atomic E-state index is -2.86. The molecule has 0 saturated carbocycles. The van der Waals surface area contributed by atoms with Crippen molar-refractivity contribution >= 4 is 41.1 Å². The second-order valence-electron chi connectivity index (χ2n) is 18.7. The number of carbonyl (C=O) groups excluding carboxylic acids is 5. The molecular formula is C54H65ClF2N8O7. The molecule has 0 radical (unpaired) electrons. The number of carbonyl (C=O) groups is 5. The van der Waals surface area contributed by atoms with Gasteiger partial charge in [0.2, 0.25) is 29.5 Å². The van der Waals surface area contributed by atoms with E-state index in [0.717, 1.165) is 28.2 Å². The molecule has 2 N–H and O–H groups in total. The van der Waals surface area contributed by atoms with Crippen LogP contribution in [0.5, 0.6) is 11.5 Å². The van der Waals surface area contributed by atoms with E-state index in [0.29, 0.717) is 22.9 Å². The minimum Gasteiger partial charge on any atom is -0.457 e. The number of benzene rings is 4. The van der Waals surface area contributed by atoms with Crippen molar-refractivity contribution in [3.63, 3.8) is 0 Å². The third-order valence-electron chi connectivity index (χ3n) is 13.1. The summed E-state index contributed by atoms with van der Waals surface area (Å²) >= 11 is 6.18. The summed E-state index contributed by atoms with van der Waals surface area (Å²) in [4.78, 5) is 83.1. The van der Waals surface area contributed by atoms with Crippen molar-refractivity contribution in [2.24, 2.45) is 13.0 Å². The van der Waals surface area contributed by atoms with Gasteiger partial charge in [-0.3, -0.25) is 24.0 Å². The van der Waals surface area contributed by atoms with E-state index in [1.54, 1.807) is 63.6 Å². The fourth-order valence-electron chi connectivity index (χ4n) is 8.63. The highest BCUT2D eigenvalue weighted by molar-refractivity contribution is 6.30. The number of amides is 5. The van der Waals surface area contributed by atoms with E-state index < -0.39 is 54.2 Å². The van der Waals surface area contributed by atoms with Crippen LogP contribution in [0.2, 0.25) is 5.02 Å². The molecule has 1 aliphatic heterocycles. The van der Waals surface area contributed by atoms with Gasteiger partial charge in [0.1, 0.15) is 29.4 Å². The minimum absolute atomic E-state index is 0.0162. The third-order valence-corrected chi connectivity index (χ3v) is 13.4. The van der Waals surface area contributed by atoms with Gasteiger partial charge in [-0.2, -0.15) is 0 Å². The van der Waals surface area contributed by atoms with Gasteiger partial charge in [-0.05, 0) is 94.4 Å². The predicted octanol–water partition coefficient (Wildman–Crippen LogP) is 7.07. The number of hydrogen-bond acceptors (Lipinski definition) is 9. The number of nitrogens with one attached hydrogen (secondary N) is 2. The molecule has 15 nitrogen and oxygen atoms in total.